The Kier molecular flexibility index (Phi) is 5.19. The fraction of sp³-hybridized carbons (Fsp3) is 0.176. The Labute approximate surface area is 170 Å². The Morgan fingerprint density at radius 1 is 1.28 bits per heavy atom. The number of hydrogen-bond acceptors (Lipinski definition) is 8. The Balaban J connectivity index is 1.64. The van der Waals surface area contributed by atoms with E-state index >= 15 is 0 Å². The average Bonchev–Trinajstić information content (AvgIpc) is 3.34. The van der Waals surface area contributed by atoms with E-state index in [2.05, 4.69) is 24.9 Å². The third kappa shape index (κ3) is 4.06. The summed E-state index contributed by atoms with van der Waals surface area (Å²) in [6, 6.07) is 8.43. The molecule has 4 rings (SSSR count). The van der Waals surface area contributed by atoms with Gasteiger partial charge in [0.2, 0.25) is 23.1 Å². The zero-order valence-electron chi connectivity index (χ0n) is 14.9. The Hall–Kier alpha value is -2.64. The van der Waals surface area contributed by atoms with E-state index in [1.54, 1.807) is 12.1 Å². The Morgan fingerprint density at radius 2 is 2.07 bits per heavy atom. The molecule has 3 heterocycles. The zero-order chi connectivity index (χ0) is 20.6. The van der Waals surface area contributed by atoms with E-state index in [1.807, 2.05) is 12.1 Å². The maximum atomic E-state index is 13.0. The van der Waals surface area contributed by atoms with E-state index in [-0.39, 0.29) is 18.3 Å². The zero-order valence-corrected chi connectivity index (χ0v) is 16.5. The first-order valence-electron chi connectivity index (χ1n) is 8.25. The van der Waals surface area contributed by atoms with Gasteiger partial charge in [0, 0.05) is 11.8 Å². The van der Waals surface area contributed by atoms with Crippen molar-refractivity contribution >= 4 is 32.8 Å². The molecule has 29 heavy (non-hydrogen) atoms. The first kappa shape index (κ1) is 19.7. The van der Waals surface area contributed by atoms with Crippen molar-refractivity contribution in [3.8, 4) is 11.1 Å². The van der Waals surface area contributed by atoms with Gasteiger partial charge in [-0.1, -0.05) is 6.07 Å². The minimum Gasteiger partial charge on any atom is -0.420 e. The van der Waals surface area contributed by atoms with Gasteiger partial charge < -0.3 is 9.52 Å². The number of benzene rings is 1. The third-order valence-corrected chi connectivity index (χ3v) is 5.72. The summed E-state index contributed by atoms with van der Waals surface area (Å²) in [5, 5.41) is 18.8. The molecule has 0 radical (unpaired) electrons. The van der Waals surface area contributed by atoms with Crippen LogP contribution in [0, 0.1) is 5.95 Å². The highest BCUT2D eigenvalue weighted by Gasteiger charge is 2.35. The van der Waals surface area contributed by atoms with Crippen LogP contribution in [-0.4, -0.2) is 34.0 Å². The quantitative estimate of drug-likeness (QED) is 0.310. The van der Waals surface area contributed by atoms with Gasteiger partial charge in [0.05, 0.1) is 16.8 Å². The number of thiazole rings is 1. The smallest absolute Gasteiger partial charge is 0.254 e. The number of rotatable bonds is 6. The second kappa shape index (κ2) is 7.65. The number of halogens is 1. The van der Waals surface area contributed by atoms with E-state index in [0.717, 1.165) is 15.8 Å². The predicted molar refractivity (Wildman–Crippen MR) is 103 cm³/mol. The molecule has 2 atom stereocenters. The molecule has 0 saturated carbocycles. The summed E-state index contributed by atoms with van der Waals surface area (Å²) in [4.78, 5) is 8.12. The van der Waals surface area contributed by atoms with Gasteiger partial charge in [-0.25, -0.2) is 18.9 Å². The molecule has 0 aliphatic rings. The van der Waals surface area contributed by atoms with Crippen LogP contribution in [0.4, 0.5) is 4.39 Å². The van der Waals surface area contributed by atoms with Crippen LogP contribution in [0.25, 0.3) is 21.3 Å². The Bertz CT molecular complexity index is 1190. The molecule has 0 spiro atoms. The summed E-state index contributed by atoms with van der Waals surface area (Å²) in [6.07, 6.45) is 1.45. The number of nitrogens with zero attached hydrogens (tertiary/aromatic N) is 4. The van der Waals surface area contributed by atoms with Crippen LogP contribution in [0.15, 0.2) is 40.9 Å². The van der Waals surface area contributed by atoms with E-state index in [0.29, 0.717) is 10.5 Å². The summed E-state index contributed by atoms with van der Waals surface area (Å²) >= 11 is -0.969. The topological polar surface area (TPSA) is 134 Å². The van der Waals surface area contributed by atoms with Crippen LogP contribution in [-0.2, 0) is 23.4 Å². The molecule has 1 aromatic carbocycles. The third-order valence-electron chi connectivity index (χ3n) is 4.10. The van der Waals surface area contributed by atoms with Gasteiger partial charge in [-0.3, -0.25) is 4.55 Å². The minimum atomic E-state index is -2.22. The molecular formula is C17H14FN5O4S2. The van der Waals surface area contributed by atoms with Gasteiger partial charge >= 0.3 is 0 Å². The molecule has 12 heteroatoms. The summed E-state index contributed by atoms with van der Waals surface area (Å²) in [5.41, 5.74) is 0.611. The molecule has 150 valence electrons. The van der Waals surface area contributed by atoms with Crippen LogP contribution < -0.4 is 4.72 Å². The standard InChI is InChI=1S/C17H14FN5O4S2/c1-17(24,15-23-22-14(27-15)8-20-29(25)26)16-21-11-4-2-9(6-12(11)28-16)10-3-5-13(18)19-7-10/h2-7,20,24H,8H2,1H3,(H,25,26). The number of hydrogen-bond donors (Lipinski definition) is 3. The maximum absolute atomic E-state index is 13.0. The molecule has 0 aliphatic carbocycles. The highest BCUT2D eigenvalue weighted by Crippen LogP contribution is 2.35. The molecule has 0 amide bonds. The molecular weight excluding hydrogens is 421 g/mol. The second-order valence-electron chi connectivity index (χ2n) is 6.21. The van der Waals surface area contributed by atoms with Gasteiger partial charge in [0.15, 0.2) is 5.60 Å². The maximum Gasteiger partial charge on any atom is 0.254 e. The van der Waals surface area contributed by atoms with E-state index < -0.39 is 22.8 Å². The SMILES string of the molecule is CC(O)(c1nnc(CNS(=O)O)o1)c1nc2ccc(-c3ccc(F)nc3)cc2s1. The second-order valence-corrected chi connectivity index (χ2v) is 8.03. The monoisotopic (exact) mass is 435 g/mol. The van der Waals surface area contributed by atoms with Crippen molar-refractivity contribution in [2.75, 3.05) is 0 Å². The highest BCUT2D eigenvalue weighted by molar-refractivity contribution is 7.77. The highest BCUT2D eigenvalue weighted by atomic mass is 32.2. The minimum absolute atomic E-state index is 0.0508. The van der Waals surface area contributed by atoms with E-state index in [9.17, 15) is 13.7 Å². The number of fused-ring (bicyclic) bond motifs is 1. The molecule has 0 bridgehead atoms. The lowest BCUT2D eigenvalue weighted by atomic mass is 10.1. The van der Waals surface area contributed by atoms with Crippen LogP contribution in [0.3, 0.4) is 0 Å². The lowest BCUT2D eigenvalue weighted by Crippen LogP contribution is -2.23. The van der Waals surface area contributed by atoms with Crippen molar-refractivity contribution in [3.63, 3.8) is 0 Å². The average molecular weight is 435 g/mol. The number of nitrogens with one attached hydrogen (secondary N) is 1. The van der Waals surface area contributed by atoms with Crippen molar-refractivity contribution in [1.29, 1.82) is 0 Å². The summed E-state index contributed by atoms with van der Waals surface area (Å²) in [7, 11) is 0. The van der Waals surface area contributed by atoms with Gasteiger partial charge in [-0.2, -0.15) is 4.39 Å². The summed E-state index contributed by atoms with van der Waals surface area (Å²) in [6.45, 7) is 1.35. The van der Waals surface area contributed by atoms with Crippen LogP contribution in [0.5, 0.6) is 0 Å². The van der Waals surface area contributed by atoms with Gasteiger partial charge in [0.1, 0.15) is 5.01 Å². The fourth-order valence-corrected chi connectivity index (χ4v) is 3.89. The fourth-order valence-electron chi connectivity index (χ4n) is 2.60. The lowest BCUT2D eigenvalue weighted by molar-refractivity contribution is 0.0692. The van der Waals surface area contributed by atoms with Crippen molar-refractivity contribution in [2.24, 2.45) is 0 Å². The molecule has 0 saturated heterocycles. The van der Waals surface area contributed by atoms with Crippen molar-refractivity contribution in [2.45, 2.75) is 19.1 Å². The summed E-state index contributed by atoms with van der Waals surface area (Å²) in [5.74, 6) is -0.583. The van der Waals surface area contributed by atoms with Crippen LogP contribution in [0.2, 0.25) is 0 Å². The molecule has 0 fully saturated rings. The van der Waals surface area contributed by atoms with Crippen LogP contribution in [0.1, 0.15) is 23.7 Å². The molecule has 2 unspecified atom stereocenters. The molecule has 3 N–H and O–H groups in total. The Morgan fingerprint density at radius 3 is 2.79 bits per heavy atom. The number of pyridine rings is 1. The van der Waals surface area contributed by atoms with Crippen molar-refractivity contribution in [3.05, 3.63) is 59.3 Å². The molecule has 0 aliphatic heterocycles. The first-order chi connectivity index (χ1) is 13.8. The van der Waals surface area contributed by atoms with E-state index in [1.165, 1.54) is 30.5 Å². The largest absolute Gasteiger partial charge is 0.420 e. The van der Waals surface area contributed by atoms with Gasteiger partial charge in [-0.05, 0) is 36.8 Å². The van der Waals surface area contributed by atoms with Gasteiger partial charge in [-0.15, -0.1) is 21.5 Å². The number of aromatic nitrogens is 4. The summed E-state index contributed by atoms with van der Waals surface area (Å²) < 4.78 is 40.9. The lowest BCUT2D eigenvalue weighted by Gasteiger charge is -2.14. The molecule has 3 aromatic heterocycles. The predicted octanol–water partition coefficient (Wildman–Crippen LogP) is 2.36. The van der Waals surface area contributed by atoms with Crippen molar-refractivity contribution < 1.29 is 22.7 Å². The normalized spacial score (nSPS) is 14.8. The molecule has 9 nitrogen and oxygen atoms in total. The van der Waals surface area contributed by atoms with E-state index in [4.69, 9.17) is 8.97 Å². The van der Waals surface area contributed by atoms with Crippen LogP contribution >= 0.6 is 11.3 Å². The van der Waals surface area contributed by atoms with Crippen molar-refractivity contribution in [1.82, 2.24) is 24.9 Å². The first-order valence-corrected chi connectivity index (χ1v) is 10.2. The van der Waals surface area contributed by atoms with Gasteiger partial charge in [0.25, 0.3) is 5.89 Å². The molecule has 4 aromatic rings. The number of aliphatic hydroxyl groups is 1.